The third-order valence-electron chi connectivity index (χ3n) is 2.12. The summed E-state index contributed by atoms with van der Waals surface area (Å²) in [7, 11) is 0. The molecular formula is C11H9Cl2NO3. The van der Waals surface area contributed by atoms with Crippen LogP contribution in [0.3, 0.4) is 0 Å². The van der Waals surface area contributed by atoms with Gasteiger partial charge >= 0.3 is 0 Å². The summed E-state index contributed by atoms with van der Waals surface area (Å²) >= 11 is 11.3. The fourth-order valence-electron chi connectivity index (χ4n) is 1.22. The topological polar surface area (TPSA) is 60.2 Å². The van der Waals surface area contributed by atoms with E-state index in [1.165, 1.54) is 31.2 Å². The van der Waals surface area contributed by atoms with Gasteiger partial charge in [0.25, 0.3) is 5.69 Å². The molecule has 1 rings (SSSR count). The molecule has 0 bridgehead atoms. The van der Waals surface area contributed by atoms with Gasteiger partial charge in [0.05, 0.1) is 16.4 Å². The Morgan fingerprint density at radius 3 is 2.65 bits per heavy atom. The predicted molar refractivity (Wildman–Crippen MR) is 67.5 cm³/mol. The minimum atomic E-state index is -0.552. The lowest BCUT2D eigenvalue weighted by Crippen LogP contribution is -1.99. The van der Waals surface area contributed by atoms with Crippen molar-refractivity contribution in [1.82, 2.24) is 0 Å². The molecular weight excluding hydrogens is 265 g/mol. The lowest BCUT2D eigenvalue weighted by molar-refractivity contribution is -0.385. The van der Waals surface area contributed by atoms with Crippen LogP contribution >= 0.6 is 23.2 Å². The van der Waals surface area contributed by atoms with Gasteiger partial charge in [0.15, 0.2) is 5.78 Å². The Bertz CT molecular complexity index is 497. The average Bonchev–Trinajstić information content (AvgIpc) is 2.26. The molecule has 4 nitrogen and oxygen atoms in total. The number of carbonyl (C=O) groups excluding carboxylic acids is 1. The Morgan fingerprint density at radius 1 is 1.53 bits per heavy atom. The summed E-state index contributed by atoms with van der Waals surface area (Å²) in [6.07, 6.45) is 1.41. The number of hydrogen-bond donors (Lipinski definition) is 0. The van der Waals surface area contributed by atoms with Gasteiger partial charge in [0.1, 0.15) is 0 Å². The highest BCUT2D eigenvalue weighted by Crippen LogP contribution is 2.25. The SMILES string of the molecule is CC(=O)/C(=C\c1ccc(Cl)cc1[N+](=O)[O-])CCl. The Balaban J connectivity index is 3.31. The number of halogens is 2. The predicted octanol–water partition coefficient (Wildman–Crippen LogP) is 3.46. The van der Waals surface area contributed by atoms with Crippen molar-refractivity contribution in [2.75, 3.05) is 5.88 Å². The number of nitrogens with zero attached hydrogens (tertiary/aromatic N) is 1. The second kappa shape index (κ2) is 5.80. The summed E-state index contributed by atoms with van der Waals surface area (Å²) in [6.45, 7) is 1.36. The average molecular weight is 274 g/mol. The van der Waals surface area contributed by atoms with Crippen molar-refractivity contribution >= 4 is 40.7 Å². The molecule has 0 fully saturated rings. The smallest absolute Gasteiger partial charge is 0.278 e. The first kappa shape index (κ1) is 13.7. The molecule has 0 N–H and O–H groups in total. The number of allylic oxidation sites excluding steroid dienone is 1. The number of alkyl halides is 1. The minimum Gasteiger partial charge on any atom is -0.295 e. The summed E-state index contributed by atoms with van der Waals surface area (Å²) in [5.74, 6) is -0.209. The van der Waals surface area contributed by atoms with Crippen molar-refractivity contribution in [3.05, 3.63) is 44.5 Å². The third kappa shape index (κ3) is 3.54. The number of nitro groups is 1. The first-order valence-electron chi connectivity index (χ1n) is 4.67. The van der Waals surface area contributed by atoms with Crippen LogP contribution in [0.15, 0.2) is 23.8 Å². The van der Waals surface area contributed by atoms with Crippen LogP contribution in [0, 0.1) is 10.1 Å². The Hall–Kier alpha value is -1.39. The quantitative estimate of drug-likeness (QED) is 0.365. The molecule has 0 aliphatic rings. The van der Waals surface area contributed by atoms with Gasteiger partial charge in [-0.25, -0.2) is 0 Å². The van der Waals surface area contributed by atoms with Gasteiger partial charge in [-0.15, -0.1) is 11.6 Å². The number of benzene rings is 1. The van der Waals surface area contributed by atoms with Gasteiger partial charge < -0.3 is 0 Å². The van der Waals surface area contributed by atoms with E-state index in [4.69, 9.17) is 23.2 Å². The zero-order valence-corrected chi connectivity index (χ0v) is 10.5. The third-order valence-corrected chi connectivity index (χ3v) is 2.64. The maximum Gasteiger partial charge on any atom is 0.278 e. The highest BCUT2D eigenvalue weighted by atomic mass is 35.5. The minimum absolute atomic E-state index is 0.00904. The summed E-state index contributed by atoms with van der Waals surface area (Å²) in [5, 5.41) is 11.1. The Kier molecular flexibility index (Phi) is 4.66. The molecule has 0 atom stereocenters. The highest BCUT2D eigenvalue weighted by molar-refractivity contribution is 6.30. The fraction of sp³-hybridized carbons (Fsp3) is 0.182. The molecule has 6 heteroatoms. The molecule has 0 aliphatic carbocycles. The van der Waals surface area contributed by atoms with Gasteiger partial charge in [-0.05, 0) is 25.1 Å². The van der Waals surface area contributed by atoms with Crippen LogP contribution in [0.2, 0.25) is 5.02 Å². The molecule has 90 valence electrons. The number of carbonyl (C=O) groups is 1. The molecule has 0 aromatic heterocycles. The van der Waals surface area contributed by atoms with Crippen molar-refractivity contribution in [2.24, 2.45) is 0 Å². The number of nitro benzene ring substituents is 1. The maximum absolute atomic E-state index is 11.2. The standard InChI is InChI=1S/C11H9Cl2NO3/c1-7(15)9(6-12)4-8-2-3-10(13)5-11(8)14(16)17/h2-5H,6H2,1H3/b9-4-. The summed E-state index contributed by atoms with van der Waals surface area (Å²) in [4.78, 5) is 21.4. The van der Waals surface area contributed by atoms with Crippen molar-refractivity contribution in [1.29, 1.82) is 0 Å². The largest absolute Gasteiger partial charge is 0.295 e. The monoisotopic (exact) mass is 273 g/mol. The van der Waals surface area contributed by atoms with Crippen molar-refractivity contribution in [3.63, 3.8) is 0 Å². The van der Waals surface area contributed by atoms with Gasteiger partial charge in [-0.3, -0.25) is 14.9 Å². The fourth-order valence-corrected chi connectivity index (χ4v) is 1.65. The Labute approximate surface area is 108 Å². The molecule has 1 aromatic rings. The number of rotatable bonds is 4. The lowest BCUT2D eigenvalue weighted by atomic mass is 10.1. The first-order chi connectivity index (χ1) is 7.95. The second-order valence-corrected chi connectivity index (χ2v) is 4.02. The molecule has 0 heterocycles. The van der Waals surface area contributed by atoms with Crippen LogP contribution in [-0.2, 0) is 4.79 Å². The maximum atomic E-state index is 11.2. The molecule has 1 aromatic carbocycles. The molecule has 17 heavy (non-hydrogen) atoms. The number of ketones is 1. The first-order valence-corrected chi connectivity index (χ1v) is 5.58. The van der Waals surface area contributed by atoms with E-state index in [-0.39, 0.29) is 22.4 Å². The van der Waals surface area contributed by atoms with Gasteiger partial charge in [-0.2, -0.15) is 0 Å². The van der Waals surface area contributed by atoms with E-state index in [2.05, 4.69) is 0 Å². The lowest BCUT2D eigenvalue weighted by Gasteiger charge is -2.01. The molecule has 0 amide bonds. The molecule has 0 spiro atoms. The van der Waals surface area contributed by atoms with E-state index < -0.39 is 4.92 Å². The summed E-state index contributed by atoms with van der Waals surface area (Å²) < 4.78 is 0. The van der Waals surface area contributed by atoms with Crippen LogP contribution < -0.4 is 0 Å². The zero-order valence-electron chi connectivity index (χ0n) is 8.94. The van der Waals surface area contributed by atoms with E-state index in [1.807, 2.05) is 0 Å². The van der Waals surface area contributed by atoms with Crippen LogP contribution in [0.4, 0.5) is 5.69 Å². The highest BCUT2D eigenvalue weighted by Gasteiger charge is 2.14. The summed E-state index contributed by atoms with van der Waals surface area (Å²) in [6, 6.07) is 4.24. The van der Waals surface area contributed by atoms with Crippen LogP contribution in [0.5, 0.6) is 0 Å². The van der Waals surface area contributed by atoms with Crippen molar-refractivity contribution < 1.29 is 9.72 Å². The van der Waals surface area contributed by atoms with E-state index >= 15 is 0 Å². The second-order valence-electron chi connectivity index (χ2n) is 3.32. The van der Waals surface area contributed by atoms with Crippen LogP contribution in [0.25, 0.3) is 6.08 Å². The summed E-state index contributed by atoms with van der Waals surface area (Å²) in [5.41, 5.74) is 0.476. The van der Waals surface area contributed by atoms with Gasteiger partial charge in [0.2, 0.25) is 0 Å². The number of Topliss-reactive ketones (excluding diaryl/α,β-unsaturated/α-hetero) is 1. The molecule has 0 aliphatic heterocycles. The van der Waals surface area contributed by atoms with Crippen molar-refractivity contribution in [3.8, 4) is 0 Å². The van der Waals surface area contributed by atoms with Crippen LogP contribution in [-0.4, -0.2) is 16.6 Å². The van der Waals surface area contributed by atoms with Crippen LogP contribution in [0.1, 0.15) is 12.5 Å². The van der Waals surface area contributed by atoms with Gasteiger partial charge in [0, 0.05) is 16.7 Å². The number of hydrogen-bond acceptors (Lipinski definition) is 3. The molecule has 0 saturated carbocycles. The Morgan fingerprint density at radius 2 is 2.18 bits per heavy atom. The van der Waals surface area contributed by atoms with E-state index in [9.17, 15) is 14.9 Å². The molecule has 0 unspecified atom stereocenters. The van der Waals surface area contributed by atoms with Crippen molar-refractivity contribution in [2.45, 2.75) is 6.92 Å². The van der Waals surface area contributed by atoms with E-state index in [0.29, 0.717) is 11.1 Å². The molecule has 0 radical (unpaired) electrons. The zero-order chi connectivity index (χ0) is 13.0. The normalized spacial score (nSPS) is 11.4. The molecule has 0 saturated heterocycles. The van der Waals surface area contributed by atoms with E-state index in [1.54, 1.807) is 0 Å². The van der Waals surface area contributed by atoms with E-state index in [0.717, 1.165) is 0 Å². The van der Waals surface area contributed by atoms with Gasteiger partial charge in [-0.1, -0.05) is 11.6 Å².